The summed E-state index contributed by atoms with van der Waals surface area (Å²) in [6, 6.07) is 4.92. The summed E-state index contributed by atoms with van der Waals surface area (Å²) in [6.07, 6.45) is -0.528. The predicted molar refractivity (Wildman–Crippen MR) is 75.0 cm³/mol. The summed E-state index contributed by atoms with van der Waals surface area (Å²) in [7, 11) is 0. The molecule has 2 heterocycles. The molecule has 0 N–H and O–H groups in total. The molecule has 3 rings (SSSR count). The molecule has 112 valence electrons. The first-order valence-electron chi connectivity index (χ1n) is 6.95. The Labute approximate surface area is 122 Å². The van der Waals surface area contributed by atoms with Crippen LogP contribution < -0.4 is 14.0 Å². The van der Waals surface area contributed by atoms with Crippen molar-refractivity contribution in [2.45, 2.75) is 26.8 Å². The summed E-state index contributed by atoms with van der Waals surface area (Å²) in [6.45, 7) is 5.78. The van der Waals surface area contributed by atoms with Crippen LogP contribution in [-0.2, 0) is 9.53 Å². The smallest absolute Gasteiger partial charge is 0.454 e. The van der Waals surface area contributed by atoms with Crippen LogP contribution in [0.5, 0.6) is 11.5 Å². The van der Waals surface area contributed by atoms with Gasteiger partial charge in [0, 0.05) is 18.1 Å². The van der Waals surface area contributed by atoms with Crippen LogP contribution in [0.25, 0.3) is 0 Å². The minimum Gasteiger partial charge on any atom is -0.454 e. The molecule has 0 spiro atoms. The summed E-state index contributed by atoms with van der Waals surface area (Å²) in [4.78, 5) is 24.8. The van der Waals surface area contributed by atoms with Gasteiger partial charge in [0.15, 0.2) is 23.8 Å². The number of cyclic esters (lactones) is 1. The summed E-state index contributed by atoms with van der Waals surface area (Å²) < 4.78 is 15.4. The SMILES string of the molecule is CC(=O)[N+]1(c2ccc3c(c2)OCO3)C(=O)OCC1C(C)C. The molecule has 0 saturated carbocycles. The molecule has 1 fully saturated rings. The third-order valence-corrected chi connectivity index (χ3v) is 4.19. The van der Waals surface area contributed by atoms with Gasteiger partial charge in [0.25, 0.3) is 0 Å². The quantitative estimate of drug-likeness (QED) is 0.783. The van der Waals surface area contributed by atoms with Crippen LogP contribution in [-0.4, -0.2) is 31.4 Å². The third-order valence-electron chi connectivity index (χ3n) is 4.19. The fraction of sp³-hybridized carbons (Fsp3) is 0.467. The van der Waals surface area contributed by atoms with Crippen LogP contribution in [0.15, 0.2) is 18.2 Å². The van der Waals surface area contributed by atoms with Gasteiger partial charge in [-0.3, -0.25) is 0 Å². The van der Waals surface area contributed by atoms with E-state index in [2.05, 4.69) is 0 Å². The van der Waals surface area contributed by atoms with E-state index in [0.717, 1.165) is 0 Å². The average Bonchev–Trinajstić information content (AvgIpc) is 3.01. The number of fused-ring (bicyclic) bond motifs is 1. The fourth-order valence-electron chi connectivity index (χ4n) is 3.09. The van der Waals surface area contributed by atoms with Crippen LogP contribution >= 0.6 is 0 Å². The van der Waals surface area contributed by atoms with Crippen LogP contribution in [0, 0.1) is 5.92 Å². The fourth-order valence-corrected chi connectivity index (χ4v) is 3.09. The molecule has 1 aromatic rings. The molecule has 0 bridgehead atoms. The molecule has 0 radical (unpaired) electrons. The van der Waals surface area contributed by atoms with E-state index in [1.165, 1.54) is 6.92 Å². The van der Waals surface area contributed by atoms with Crippen molar-refractivity contribution in [2.24, 2.45) is 5.92 Å². The van der Waals surface area contributed by atoms with Crippen molar-refractivity contribution in [3.8, 4) is 11.5 Å². The van der Waals surface area contributed by atoms with Crippen molar-refractivity contribution in [3.63, 3.8) is 0 Å². The van der Waals surface area contributed by atoms with Gasteiger partial charge >= 0.3 is 12.0 Å². The Morgan fingerprint density at radius 2 is 1.95 bits per heavy atom. The van der Waals surface area contributed by atoms with Crippen molar-refractivity contribution in [2.75, 3.05) is 13.4 Å². The highest BCUT2D eigenvalue weighted by Crippen LogP contribution is 2.42. The summed E-state index contributed by atoms with van der Waals surface area (Å²) >= 11 is 0. The highest BCUT2D eigenvalue weighted by Gasteiger charge is 2.59. The zero-order valence-corrected chi connectivity index (χ0v) is 12.3. The van der Waals surface area contributed by atoms with E-state index in [-0.39, 0.29) is 31.3 Å². The number of quaternary nitrogens is 1. The average molecular weight is 292 g/mol. The van der Waals surface area contributed by atoms with E-state index in [1.807, 2.05) is 13.8 Å². The number of benzene rings is 1. The molecule has 1 saturated heterocycles. The highest BCUT2D eigenvalue weighted by atomic mass is 16.7. The summed E-state index contributed by atoms with van der Waals surface area (Å²) in [5, 5.41) is 0. The number of rotatable bonds is 2. The number of imide groups is 1. The Balaban J connectivity index is 2.17. The lowest BCUT2D eigenvalue weighted by atomic mass is 10.00. The van der Waals surface area contributed by atoms with Gasteiger partial charge in [-0.15, -0.1) is 4.48 Å². The Morgan fingerprint density at radius 1 is 1.24 bits per heavy atom. The Bertz CT molecular complexity index is 612. The van der Waals surface area contributed by atoms with E-state index in [1.54, 1.807) is 18.2 Å². The van der Waals surface area contributed by atoms with Crippen molar-refractivity contribution in [1.29, 1.82) is 0 Å². The normalized spacial score (nSPS) is 27.0. The zero-order chi connectivity index (χ0) is 15.2. The largest absolute Gasteiger partial charge is 0.529 e. The maximum absolute atomic E-state index is 12.4. The molecule has 0 aliphatic carbocycles. The Kier molecular flexibility index (Phi) is 3.13. The molecule has 1 aromatic carbocycles. The number of hydrogen-bond donors (Lipinski definition) is 0. The minimum absolute atomic E-state index is 0.116. The first-order chi connectivity index (χ1) is 9.97. The van der Waals surface area contributed by atoms with Crippen molar-refractivity contribution in [3.05, 3.63) is 18.2 Å². The first kappa shape index (κ1) is 13.9. The van der Waals surface area contributed by atoms with E-state index in [9.17, 15) is 9.59 Å². The lowest BCUT2D eigenvalue weighted by molar-refractivity contribution is -0.126. The van der Waals surface area contributed by atoms with Crippen LogP contribution in [0.1, 0.15) is 20.8 Å². The molecule has 2 aliphatic heterocycles. The maximum Gasteiger partial charge on any atom is 0.529 e. The van der Waals surface area contributed by atoms with Gasteiger partial charge in [0.2, 0.25) is 6.79 Å². The standard InChI is InChI=1S/C15H18NO5/c1-9(2)12-7-19-15(18)16(12,10(3)17)11-4-5-13-14(6-11)21-8-20-13/h4-6,9,12H,7-8H2,1-3H3/q+1. The Hall–Kier alpha value is -2.08. The molecule has 2 atom stereocenters. The Morgan fingerprint density at radius 3 is 2.62 bits per heavy atom. The van der Waals surface area contributed by atoms with E-state index >= 15 is 0 Å². The number of carbonyl (C=O) groups is 2. The lowest BCUT2D eigenvalue weighted by Gasteiger charge is -2.32. The number of ether oxygens (including phenoxy) is 3. The number of amides is 2. The molecule has 21 heavy (non-hydrogen) atoms. The van der Waals surface area contributed by atoms with Gasteiger partial charge in [-0.05, 0) is 6.07 Å². The van der Waals surface area contributed by atoms with Gasteiger partial charge in [-0.2, -0.15) is 4.79 Å². The van der Waals surface area contributed by atoms with Crippen molar-refractivity contribution < 1.29 is 23.8 Å². The van der Waals surface area contributed by atoms with Gasteiger partial charge in [-0.25, -0.2) is 4.79 Å². The molecule has 6 nitrogen and oxygen atoms in total. The zero-order valence-electron chi connectivity index (χ0n) is 12.3. The second-order valence-electron chi connectivity index (χ2n) is 5.67. The van der Waals surface area contributed by atoms with Crippen molar-refractivity contribution >= 4 is 17.7 Å². The molecule has 0 aromatic heterocycles. The topological polar surface area (TPSA) is 61.8 Å². The second-order valence-corrected chi connectivity index (χ2v) is 5.67. The van der Waals surface area contributed by atoms with Crippen molar-refractivity contribution in [1.82, 2.24) is 4.48 Å². The molecule has 6 heteroatoms. The van der Waals surface area contributed by atoms with Crippen LogP contribution in [0.3, 0.4) is 0 Å². The van der Waals surface area contributed by atoms with Gasteiger partial charge in [-0.1, -0.05) is 13.8 Å². The minimum atomic E-state index is -0.528. The van der Waals surface area contributed by atoms with E-state index in [4.69, 9.17) is 14.2 Å². The van der Waals surface area contributed by atoms with E-state index in [0.29, 0.717) is 17.2 Å². The van der Waals surface area contributed by atoms with Crippen LogP contribution in [0.2, 0.25) is 0 Å². The highest BCUT2D eigenvalue weighted by molar-refractivity contribution is 6.07. The van der Waals surface area contributed by atoms with Gasteiger partial charge in [0.1, 0.15) is 6.04 Å². The molecule has 2 amide bonds. The molecular formula is C15H18NO5+. The third kappa shape index (κ3) is 1.82. The molecule has 2 aliphatic rings. The number of carbonyl (C=O) groups excluding carboxylic acids is 2. The number of hydrogen-bond acceptors (Lipinski definition) is 5. The summed E-state index contributed by atoms with van der Waals surface area (Å²) in [5.74, 6) is 1.03. The van der Waals surface area contributed by atoms with Crippen LogP contribution in [0.4, 0.5) is 10.5 Å². The second kappa shape index (κ2) is 4.73. The first-order valence-corrected chi connectivity index (χ1v) is 6.95. The lowest BCUT2D eigenvalue weighted by Crippen LogP contribution is -2.61. The van der Waals surface area contributed by atoms with Gasteiger partial charge < -0.3 is 14.2 Å². The number of nitrogens with zero attached hydrogens (tertiary/aromatic N) is 1. The predicted octanol–water partition coefficient (Wildman–Crippen LogP) is 2.44. The summed E-state index contributed by atoms with van der Waals surface area (Å²) in [5.41, 5.74) is 0.563. The molecule has 2 unspecified atom stereocenters. The van der Waals surface area contributed by atoms with Gasteiger partial charge in [0.05, 0.1) is 6.92 Å². The molecular weight excluding hydrogens is 274 g/mol. The maximum atomic E-state index is 12.4. The monoisotopic (exact) mass is 292 g/mol. The van der Waals surface area contributed by atoms with E-state index < -0.39 is 10.6 Å².